The van der Waals surface area contributed by atoms with E-state index in [0.29, 0.717) is 34.1 Å². The molecule has 0 saturated carbocycles. The van der Waals surface area contributed by atoms with Crippen LogP contribution in [0.15, 0.2) is 110 Å². The van der Waals surface area contributed by atoms with Crippen LogP contribution in [0.25, 0.3) is 16.9 Å². The minimum atomic E-state index is -0.275. The Morgan fingerprint density at radius 3 is 2.41 bits per heavy atom. The molecule has 34 heavy (non-hydrogen) atoms. The van der Waals surface area contributed by atoms with Gasteiger partial charge in [0.15, 0.2) is 0 Å². The average Bonchev–Trinajstić information content (AvgIpc) is 3.31. The van der Waals surface area contributed by atoms with E-state index in [1.54, 1.807) is 48.9 Å². The quantitative estimate of drug-likeness (QED) is 0.252. The lowest BCUT2D eigenvalue weighted by atomic mass is 10.1. The fourth-order valence-electron chi connectivity index (χ4n) is 3.63. The number of ether oxygens (including phenoxy) is 1. The molecule has 166 valence electrons. The second kappa shape index (κ2) is 9.30. The first-order valence-electron chi connectivity index (χ1n) is 10.7. The number of nitrogen functional groups attached to an aromatic ring is 1. The topological polar surface area (TPSA) is 96.9 Å². The second-order valence-electron chi connectivity index (χ2n) is 7.64. The van der Waals surface area contributed by atoms with Crippen LogP contribution < -0.4 is 20.5 Å². The van der Waals surface area contributed by atoms with Crippen LogP contribution in [0.5, 0.6) is 11.5 Å². The van der Waals surface area contributed by atoms with E-state index in [4.69, 9.17) is 10.5 Å². The molecule has 3 aromatic carbocycles. The first kappa shape index (κ1) is 21.0. The smallest absolute Gasteiger partial charge is 0.264 e. The van der Waals surface area contributed by atoms with Gasteiger partial charge in [-0.15, -0.1) is 0 Å². The van der Waals surface area contributed by atoms with E-state index in [0.717, 1.165) is 11.3 Å². The van der Waals surface area contributed by atoms with Crippen LogP contribution in [0.1, 0.15) is 10.4 Å². The van der Waals surface area contributed by atoms with E-state index >= 15 is 0 Å². The summed E-state index contributed by atoms with van der Waals surface area (Å²) in [5, 5.41) is 6.29. The number of aromatic nitrogens is 3. The van der Waals surface area contributed by atoms with Crippen molar-refractivity contribution < 1.29 is 14.2 Å². The lowest BCUT2D eigenvalue weighted by molar-refractivity contribution is -0.654. The largest absolute Gasteiger partial charge is 0.456 e. The Labute approximate surface area is 196 Å². The van der Waals surface area contributed by atoms with Crippen LogP contribution in [0.4, 0.5) is 11.4 Å². The summed E-state index contributed by atoms with van der Waals surface area (Å²) in [6.07, 6.45) is 5.06. The highest BCUT2D eigenvalue weighted by atomic mass is 16.5. The van der Waals surface area contributed by atoms with E-state index in [2.05, 4.69) is 15.4 Å². The number of anilines is 2. The monoisotopic (exact) mass is 448 g/mol. The predicted molar refractivity (Wildman–Crippen MR) is 131 cm³/mol. The van der Waals surface area contributed by atoms with Crippen LogP contribution in [-0.4, -0.2) is 16.0 Å². The molecule has 0 aliphatic rings. The van der Waals surface area contributed by atoms with Gasteiger partial charge >= 0.3 is 0 Å². The molecule has 0 radical (unpaired) electrons. The summed E-state index contributed by atoms with van der Waals surface area (Å²) >= 11 is 0. The summed E-state index contributed by atoms with van der Waals surface area (Å²) < 4.78 is 7.66. The number of carbonyl (C=O) groups excluding carboxylic acids is 1. The minimum Gasteiger partial charge on any atom is -0.456 e. The van der Waals surface area contributed by atoms with Gasteiger partial charge in [0.2, 0.25) is 11.9 Å². The van der Waals surface area contributed by atoms with E-state index in [1.165, 1.54) is 0 Å². The molecule has 5 rings (SSSR count). The normalized spacial score (nSPS) is 10.6. The van der Waals surface area contributed by atoms with Crippen LogP contribution in [0, 0.1) is 0 Å². The standard InChI is InChI=1S/C27H21N5O2/c28-20-14-21(16-24(15-20)34-23-12-7-13-29-17-23)30-27(33)25-18-32(22-10-5-2-6-11-22)31-26(25)19-8-3-1-4-9-19/h1-18H,28H2,(H,30,33)/p+1. The number of hydrogen-bond donors (Lipinski definition) is 3. The third-order valence-corrected chi connectivity index (χ3v) is 5.16. The molecule has 0 saturated heterocycles. The van der Waals surface area contributed by atoms with Crippen molar-refractivity contribution in [2.24, 2.45) is 0 Å². The van der Waals surface area contributed by atoms with Gasteiger partial charge in [-0.1, -0.05) is 53.2 Å². The van der Waals surface area contributed by atoms with E-state index in [-0.39, 0.29) is 5.91 Å². The lowest BCUT2D eigenvalue weighted by Crippen LogP contribution is -2.31. The predicted octanol–water partition coefficient (Wildman–Crippen LogP) is 4.98. The molecule has 0 spiro atoms. The number of H-pyrrole nitrogens is 1. The summed E-state index contributed by atoms with van der Waals surface area (Å²) in [5.41, 5.74) is 10.1. The summed E-state index contributed by atoms with van der Waals surface area (Å²) in [6, 6.07) is 28.2. The summed E-state index contributed by atoms with van der Waals surface area (Å²) in [4.78, 5) is 17.4. The van der Waals surface area contributed by atoms with Crippen LogP contribution in [0.3, 0.4) is 0 Å². The Morgan fingerprint density at radius 1 is 0.912 bits per heavy atom. The molecule has 0 fully saturated rings. The molecular weight excluding hydrogens is 426 g/mol. The molecule has 1 amide bonds. The first-order chi connectivity index (χ1) is 16.7. The van der Waals surface area contributed by atoms with Gasteiger partial charge in [0.1, 0.15) is 22.8 Å². The van der Waals surface area contributed by atoms with Crippen LogP contribution >= 0.6 is 0 Å². The molecule has 2 aromatic heterocycles. The van der Waals surface area contributed by atoms with Crippen molar-refractivity contribution in [3.63, 3.8) is 0 Å². The van der Waals surface area contributed by atoms with Gasteiger partial charge in [-0.2, -0.15) is 5.10 Å². The number of rotatable bonds is 6. The van der Waals surface area contributed by atoms with Crippen molar-refractivity contribution >= 4 is 17.3 Å². The van der Waals surface area contributed by atoms with E-state index in [1.807, 2.05) is 65.3 Å². The number of aromatic amines is 1. The number of hydrogen-bond acceptors (Lipinski definition) is 4. The maximum Gasteiger partial charge on any atom is 0.264 e. The highest BCUT2D eigenvalue weighted by Crippen LogP contribution is 2.28. The Kier molecular flexibility index (Phi) is 5.73. The third-order valence-electron chi connectivity index (χ3n) is 5.16. The van der Waals surface area contributed by atoms with Gasteiger partial charge in [0.25, 0.3) is 5.91 Å². The molecule has 2 heterocycles. The summed E-state index contributed by atoms with van der Waals surface area (Å²) in [7, 11) is 0. The van der Waals surface area contributed by atoms with Crippen molar-refractivity contribution in [3.8, 4) is 28.4 Å². The van der Waals surface area contributed by atoms with Crippen LogP contribution in [-0.2, 0) is 0 Å². The molecule has 0 unspecified atom stereocenters. The zero-order valence-electron chi connectivity index (χ0n) is 18.2. The van der Waals surface area contributed by atoms with Crippen LogP contribution in [0.2, 0.25) is 0 Å². The molecule has 0 aliphatic heterocycles. The maximum atomic E-state index is 13.4. The second-order valence-corrected chi connectivity index (χ2v) is 7.64. The number of nitrogens with zero attached hydrogens (tertiary/aromatic N) is 2. The number of amides is 1. The highest BCUT2D eigenvalue weighted by Gasteiger charge is 2.24. The van der Waals surface area contributed by atoms with Crippen molar-refractivity contribution in [2.45, 2.75) is 0 Å². The summed E-state index contributed by atoms with van der Waals surface area (Å²) in [6.45, 7) is 0. The third kappa shape index (κ3) is 4.63. The van der Waals surface area contributed by atoms with E-state index < -0.39 is 0 Å². The van der Waals surface area contributed by atoms with E-state index in [9.17, 15) is 4.79 Å². The lowest BCUT2D eigenvalue weighted by Gasteiger charge is -2.10. The first-order valence-corrected chi connectivity index (χ1v) is 10.7. The molecule has 4 N–H and O–H groups in total. The van der Waals surface area contributed by atoms with Gasteiger partial charge in [-0.05, 0) is 18.2 Å². The van der Waals surface area contributed by atoms with Gasteiger partial charge in [-0.25, -0.2) is 0 Å². The number of nitrogens with two attached hydrogens (primary N) is 1. The molecule has 5 aromatic rings. The maximum absolute atomic E-state index is 13.4. The zero-order chi connectivity index (χ0) is 23.3. The number of benzene rings is 3. The fraction of sp³-hybridized carbons (Fsp3) is 0. The van der Waals surface area contributed by atoms with Gasteiger partial charge < -0.3 is 15.8 Å². The Hall–Kier alpha value is -4.91. The average molecular weight is 449 g/mol. The minimum absolute atomic E-state index is 0.275. The van der Waals surface area contributed by atoms with Crippen molar-refractivity contribution in [3.05, 3.63) is 115 Å². The Morgan fingerprint density at radius 2 is 1.68 bits per heavy atom. The summed E-state index contributed by atoms with van der Waals surface area (Å²) in [5.74, 6) is 0.800. The fourth-order valence-corrected chi connectivity index (χ4v) is 3.63. The molecule has 7 nitrogen and oxygen atoms in total. The Bertz CT molecular complexity index is 1420. The Balaban J connectivity index is 1.47. The van der Waals surface area contributed by atoms with Gasteiger partial charge in [0.05, 0.1) is 6.20 Å². The number of nitrogens with one attached hydrogen (secondary N) is 2. The molecular formula is C27H22N5O2+. The highest BCUT2D eigenvalue weighted by molar-refractivity contribution is 6.08. The zero-order valence-corrected chi connectivity index (χ0v) is 18.2. The number of carbonyl (C=O) groups is 1. The molecule has 0 aliphatic carbocycles. The molecule has 0 bridgehead atoms. The number of pyridine rings is 1. The van der Waals surface area contributed by atoms with Gasteiger partial charge in [-0.3, -0.25) is 9.78 Å². The SMILES string of the molecule is Nc1cc(NC(=O)c2c[n+](-c3ccccc3)[nH]c2-c2ccccc2)cc(Oc2cccnc2)c1. The van der Waals surface area contributed by atoms with Crippen molar-refractivity contribution in [2.75, 3.05) is 11.1 Å². The number of para-hydroxylation sites is 1. The van der Waals surface area contributed by atoms with Gasteiger partial charge in [0, 0.05) is 47.4 Å². The van der Waals surface area contributed by atoms with Crippen molar-refractivity contribution in [1.82, 2.24) is 10.1 Å². The molecule has 0 atom stereocenters. The molecule has 7 heteroatoms. The van der Waals surface area contributed by atoms with Crippen molar-refractivity contribution in [1.29, 1.82) is 0 Å².